The van der Waals surface area contributed by atoms with Crippen molar-refractivity contribution in [3.05, 3.63) is 22.8 Å². The van der Waals surface area contributed by atoms with Crippen molar-refractivity contribution in [3.8, 4) is 5.88 Å². The predicted octanol–water partition coefficient (Wildman–Crippen LogP) is 1.20. The SMILES string of the molecule is COc1ncc(Cl)cc1CN. The molecule has 0 saturated carbocycles. The molecule has 0 unspecified atom stereocenters. The highest BCUT2D eigenvalue weighted by Crippen LogP contribution is 2.17. The highest BCUT2D eigenvalue weighted by molar-refractivity contribution is 6.30. The van der Waals surface area contributed by atoms with Crippen LogP contribution >= 0.6 is 11.6 Å². The van der Waals surface area contributed by atoms with Crippen molar-refractivity contribution in [1.82, 2.24) is 4.98 Å². The Morgan fingerprint density at radius 1 is 1.73 bits per heavy atom. The molecule has 0 saturated heterocycles. The summed E-state index contributed by atoms with van der Waals surface area (Å²) in [6.45, 7) is 0.386. The van der Waals surface area contributed by atoms with Crippen molar-refractivity contribution < 1.29 is 4.74 Å². The van der Waals surface area contributed by atoms with Gasteiger partial charge in [0, 0.05) is 18.3 Å². The highest BCUT2D eigenvalue weighted by Gasteiger charge is 2.01. The van der Waals surface area contributed by atoms with Crippen LogP contribution in [0.3, 0.4) is 0 Å². The molecule has 2 N–H and O–H groups in total. The summed E-state index contributed by atoms with van der Waals surface area (Å²) in [6, 6.07) is 1.74. The van der Waals surface area contributed by atoms with Gasteiger partial charge in [0.05, 0.1) is 12.1 Å². The largest absolute Gasteiger partial charge is 0.481 e. The lowest BCUT2D eigenvalue weighted by Crippen LogP contribution is -2.01. The molecule has 0 fully saturated rings. The zero-order chi connectivity index (χ0) is 8.27. The summed E-state index contributed by atoms with van der Waals surface area (Å²) in [5.41, 5.74) is 6.24. The summed E-state index contributed by atoms with van der Waals surface area (Å²) in [5, 5.41) is 0.575. The lowest BCUT2D eigenvalue weighted by molar-refractivity contribution is 0.392. The Kier molecular flexibility index (Phi) is 2.68. The maximum absolute atomic E-state index is 5.68. The molecule has 1 aromatic rings. The van der Waals surface area contributed by atoms with E-state index >= 15 is 0 Å². The van der Waals surface area contributed by atoms with Crippen LogP contribution in [0.2, 0.25) is 5.02 Å². The number of nitrogens with zero attached hydrogens (tertiary/aromatic N) is 1. The number of ether oxygens (including phenoxy) is 1. The van der Waals surface area contributed by atoms with Crippen molar-refractivity contribution in [2.75, 3.05) is 7.11 Å². The number of halogens is 1. The molecule has 0 radical (unpaired) electrons. The lowest BCUT2D eigenvalue weighted by atomic mass is 10.3. The van der Waals surface area contributed by atoms with Crippen molar-refractivity contribution in [2.24, 2.45) is 5.73 Å². The topological polar surface area (TPSA) is 48.1 Å². The van der Waals surface area contributed by atoms with Crippen LogP contribution < -0.4 is 10.5 Å². The number of hydrogen-bond donors (Lipinski definition) is 1. The van der Waals surface area contributed by atoms with E-state index in [0.29, 0.717) is 17.4 Å². The minimum Gasteiger partial charge on any atom is -0.481 e. The molecule has 0 amide bonds. The van der Waals surface area contributed by atoms with E-state index in [9.17, 15) is 0 Å². The first kappa shape index (κ1) is 8.30. The molecular formula is C7H9ClN2O. The predicted molar refractivity (Wildman–Crippen MR) is 43.7 cm³/mol. The van der Waals surface area contributed by atoms with Gasteiger partial charge in [-0.25, -0.2) is 4.98 Å². The zero-order valence-corrected chi connectivity index (χ0v) is 6.93. The zero-order valence-electron chi connectivity index (χ0n) is 6.17. The molecule has 1 rings (SSSR count). The molecule has 0 bridgehead atoms. The second-order valence-corrected chi connectivity index (χ2v) is 2.46. The van der Waals surface area contributed by atoms with E-state index in [4.69, 9.17) is 22.1 Å². The molecule has 0 aliphatic carbocycles. The second-order valence-electron chi connectivity index (χ2n) is 2.03. The van der Waals surface area contributed by atoms with Gasteiger partial charge < -0.3 is 10.5 Å². The summed E-state index contributed by atoms with van der Waals surface area (Å²) >= 11 is 5.68. The fourth-order valence-electron chi connectivity index (χ4n) is 0.799. The number of aromatic nitrogens is 1. The molecular weight excluding hydrogens is 164 g/mol. The van der Waals surface area contributed by atoms with Gasteiger partial charge >= 0.3 is 0 Å². The maximum Gasteiger partial charge on any atom is 0.217 e. The van der Waals surface area contributed by atoms with Crippen LogP contribution in [0, 0.1) is 0 Å². The molecule has 3 nitrogen and oxygen atoms in total. The first-order valence-electron chi connectivity index (χ1n) is 3.16. The van der Waals surface area contributed by atoms with Gasteiger partial charge in [-0.15, -0.1) is 0 Å². The average molecular weight is 173 g/mol. The molecule has 0 atom stereocenters. The number of rotatable bonds is 2. The molecule has 11 heavy (non-hydrogen) atoms. The molecule has 0 aliphatic heterocycles. The van der Waals surface area contributed by atoms with Crippen molar-refractivity contribution in [1.29, 1.82) is 0 Å². The Morgan fingerprint density at radius 3 is 3.00 bits per heavy atom. The summed E-state index contributed by atoms with van der Waals surface area (Å²) in [5.74, 6) is 0.539. The van der Waals surface area contributed by atoms with E-state index in [2.05, 4.69) is 4.98 Å². The number of hydrogen-bond acceptors (Lipinski definition) is 3. The lowest BCUT2D eigenvalue weighted by Gasteiger charge is -2.03. The summed E-state index contributed by atoms with van der Waals surface area (Å²) in [4.78, 5) is 3.93. The third-order valence-electron chi connectivity index (χ3n) is 1.31. The first-order valence-corrected chi connectivity index (χ1v) is 3.54. The van der Waals surface area contributed by atoms with Crippen LogP contribution in [-0.2, 0) is 6.54 Å². The molecule has 1 heterocycles. The van der Waals surface area contributed by atoms with Gasteiger partial charge in [-0.05, 0) is 6.07 Å². The van der Waals surface area contributed by atoms with Crippen LogP contribution in [0.4, 0.5) is 0 Å². The quantitative estimate of drug-likeness (QED) is 0.730. The highest BCUT2D eigenvalue weighted by atomic mass is 35.5. The van der Waals surface area contributed by atoms with E-state index in [0.717, 1.165) is 5.56 Å². The number of methoxy groups -OCH3 is 1. The Hall–Kier alpha value is -0.800. The van der Waals surface area contributed by atoms with Gasteiger partial charge in [0.15, 0.2) is 0 Å². The Labute approximate surface area is 70.1 Å². The normalized spacial score (nSPS) is 9.73. The molecule has 60 valence electrons. The Morgan fingerprint density at radius 2 is 2.45 bits per heavy atom. The van der Waals surface area contributed by atoms with Gasteiger partial charge in [0.25, 0.3) is 0 Å². The Bertz CT molecular complexity index is 252. The van der Waals surface area contributed by atoms with Crippen molar-refractivity contribution in [3.63, 3.8) is 0 Å². The standard InChI is InChI=1S/C7H9ClN2O/c1-11-7-5(3-9)2-6(8)4-10-7/h2,4H,3,9H2,1H3. The minimum absolute atomic E-state index is 0.386. The van der Waals surface area contributed by atoms with E-state index in [1.807, 2.05) is 0 Å². The molecule has 4 heteroatoms. The summed E-state index contributed by atoms with van der Waals surface area (Å²) < 4.78 is 4.94. The third-order valence-corrected chi connectivity index (χ3v) is 1.51. The van der Waals surface area contributed by atoms with Crippen molar-refractivity contribution in [2.45, 2.75) is 6.54 Å². The fourth-order valence-corrected chi connectivity index (χ4v) is 0.979. The fraction of sp³-hybridized carbons (Fsp3) is 0.286. The maximum atomic E-state index is 5.68. The monoisotopic (exact) mass is 172 g/mol. The average Bonchev–Trinajstić information content (AvgIpc) is 2.04. The molecule has 0 spiro atoms. The van der Waals surface area contributed by atoms with Crippen LogP contribution in [0.5, 0.6) is 5.88 Å². The summed E-state index contributed by atoms with van der Waals surface area (Å²) in [6.07, 6.45) is 1.53. The van der Waals surface area contributed by atoms with Crippen LogP contribution in [0.25, 0.3) is 0 Å². The van der Waals surface area contributed by atoms with E-state index in [-0.39, 0.29) is 0 Å². The Balaban J connectivity index is 3.06. The van der Waals surface area contributed by atoms with Gasteiger partial charge in [-0.1, -0.05) is 11.6 Å². The molecule has 1 aromatic heterocycles. The van der Waals surface area contributed by atoms with E-state index < -0.39 is 0 Å². The minimum atomic E-state index is 0.386. The smallest absolute Gasteiger partial charge is 0.217 e. The van der Waals surface area contributed by atoms with Crippen molar-refractivity contribution >= 4 is 11.6 Å². The van der Waals surface area contributed by atoms with Gasteiger partial charge in [0.2, 0.25) is 5.88 Å². The molecule has 0 aliphatic rings. The second kappa shape index (κ2) is 3.55. The summed E-state index contributed by atoms with van der Waals surface area (Å²) in [7, 11) is 1.55. The van der Waals surface area contributed by atoms with Gasteiger partial charge in [-0.3, -0.25) is 0 Å². The number of nitrogens with two attached hydrogens (primary N) is 1. The van der Waals surface area contributed by atoms with Crippen LogP contribution in [-0.4, -0.2) is 12.1 Å². The third kappa shape index (κ3) is 1.82. The van der Waals surface area contributed by atoms with Crippen LogP contribution in [0.15, 0.2) is 12.3 Å². The molecule has 0 aromatic carbocycles. The van der Waals surface area contributed by atoms with Gasteiger partial charge in [-0.2, -0.15) is 0 Å². The van der Waals surface area contributed by atoms with E-state index in [1.54, 1.807) is 13.2 Å². The first-order chi connectivity index (χ1) is 5.27. The van der Waals surface area contributed by atoms with Crippen LogP contribution in [0.1, 0.15) is 5.56 Å². The van der Waals surface area contributed by atoms with Gasteiger partial charge in [0.1, 0.15) is 0 Å². The van der Waals surface area contributed by atoms with E-state index in [1.165, 1.54) is 6.20 Å². The number of pyridine rings is 1.